The summed E-state index contributed by atoms with van der Waals surface area (Å²) in [5, 5.41) is 7.32. The lowest BCUT2D eigenvalue weighted by atomic mass is 10.1. The standard InChI is InChI=1S/C19H22N2O2S.C6H12O/c1-3-10-20-18(22)17-15-8-5-9-16(15)24-19(17)21-12-13-6-4-7-14(11-13)23-2;1-4-6(3)7-5-2/h3-4,6-7,11,21H,1,5,8-10,12H2,2H3,(H,20,22);4,6H,1,5H2,2-3H3. The van der Waals surface area contributed by atoms with Crippen LogP contribution in [0.15, 0.2) is 49.6 Å². The highest BCUT2D eigenvalue weighted by Gasteiger charge is 2.26. The topological polar surface area (TPSA) is 59.6 Å². The van der Waals surface area contributed by atoms with Gasteiger partial charge in [-0.05, 0) is 56.4 Å². The van der Waals surface area contributed by atoms with Gasteiger partial charge in [-0.2, -0.15) is 0 Å². The minimum Gasteiger partial charge on any atom is -0.497 e. The van der Waals surface area contributed by atoms with Crippen molar-refractivity contribution in [1.29, 1.82) is 0 Å². The second-order valence-electron chi connectivity index (χ2n) is 7.16. The third kappa shape index (κ3) is 7.26. The number of amides is 1. The van der Waals surface area contributed by atoms with E-state index >= 15 is 0 Å². The monoisotopic (exact) mass is 442 g/mol. The Labute approximate surface area is 190 Å². The van der Waals surface area contributed by atoms with Crippen molar-refractivity contribution in [2.75, 3.05) is 25.6 Å². The van der Waals surface area contributed by atoms with Crippen LogP contribution in [0, 0.1) is 0 Å². The fourth-order valence-electron chi connectivity index (χ4n) is 3.32. The van der Waals surface area contributed by atoms with Crippen LogP contribution in [0.4, 0.5) is 5.00 Å². The minimum absolute atomic E-state index is 0.0116. The van der Waals surface area contributed by atoms with Crippen molar-refractivity contribution < 1.29 is 14.3 Å². The number of aryl methyl sites for hydroxylation is 1. The molecule has 31 heavy (non-hydrogen) atoms. The zero-order valence-corrected chi connectivity index (χ0v) is 19.6. The number of thiophene rings is 1. The van der Waals surface area contributed by atoms with E-state index in [1.54, 1.807) is 30.6 Å². The van der Waals surface area contributed by atoms with Gasteiger partial charge in [0.2, 0.25) is 0 Å². The Morgan fingerprint density at radius 3 is 2.77 bits per heavy atom. The Kier molecular flexibility index (Phi) is 10.3. The molecular formula is C25H34N2O3S. The van der Waals surface area contributed by atoms with Crippen LogP contribution in [0.1, 0.15) is 46.6 Å². The average molecular weight is 443 g/mol. The van der Waals surface area contributed by atoms with Gasteiger partial charge in [-0.25, -0.2) is 0 Å². The van der Waals surface area contributed by atoms with Crippen molar-refractivity contribution in [2.45, 2.75) is 45.8 Å². The van der Waals surface area contributed by atoms with Crippen LogP contribution < -0.4 is 15.4 Å². The number of ether oxygens (including phenoxy) is 2. The predicted octanol–water partition coefficient (Wildman–Crippen LogP) is 5.37. The molecule has 6 heteroatoms. The number of anilines is 1. The lowest BCUT2D eigenvalue weighted by molar-refractivity contribution is 0.0958. The van der Waals surface area contributed by atoms with Gasteiger partial charge < -0.3 is 20.1 Å². The molecule has 0 spiro atoms. The Morgan fingerprint density at radius 2 is 2.13 bits per heavy atom. The summed E-state index contributed by atoms with van der Waals surface area (Å²) in [6, 6.07) is 7.96. The molecule has 0 saturated heterocycles. The number of hydrogen-bond donors (Lipinski definition) is 2. The highest BCUT2D eigenvalue weighted by atomic mass is 32.1. The Bertz CT molecular complexity index is 876. The maximum absolute atomic E-state index is 12.5. The average Bonchev–Trinajstić information content (AvgIpc) is 3.37. The third-order valence-corrected chi connectivity index (χ3v) is 6.15. The van der Waals surface area contributed by atoms with Gasteiger partial charge >= 0.3 is 0 Å². The predicted molar refractivity (Wildman–Crippen MR) is 130 cm³/mol. The molecule has 0 radical (unpaired) electrons. The number of nitrogens with one attached hydrogen (secondary N) is 2. The number of benzene rings is 1. The first kappa shape index (κ1) is 24.7. The van der Waals surface area contributed by atoms with Crippen LogP contribution in [-0.2, 0) is 24.1 Å². The second kappa shape index (κ2) is 13.0. The lowest BCUT2D eigenvalue weighted by Gasteiger charge is -2.10. The highest BCUT2D eigenvalue weighted by Crippen LogP contribution is 2.39. The van der Waals surface area contributed by atoms with Crippen molar-refractivity contribution in [3.05, 3.63) is 71.1 Å². The van der Waals surface area contributed by atoms with E-state index in [4.69, 9.17) is 9.47 Å². The van der Waals surface area contributed by atoms with Crippen molar-refractivity contribution >= 4 is 22.2 Å². The van der Waals surface area contributed by atoms with Crippen LogP contribution in [0.25, 0.3) is 0 Å². The first-order chi connectivity index (χ1) is 15.0. The Morgan fingerprint density at radius 1 is 1.32 bits per heavy atom. The van der Waals surface area contributed by atoms with Crippen LogP contribution >= 0.6 is 11.3 Å². The SMILES string of the molecule is C=CC(C)OCC.C=CCNC(=O)c1c(NCc2cccc(OC)c2)sc2c1CCC2. The highest BCUT2D eigenvalue weighted by molar-refractivity contribution is 7.16. The molecular weight excluding hydrogens is 408 g/mol. The number of rotatable bonds is 10. The number of carbonyl (C=O) groups excluding carboxylic acids is 1. The summed E-state index contributed by atoms with van der Waals surface area (Å²) < 4.78 is 10.3. The van der Waals surface area contributed by atoms with E-state index in [1.165, 1.54) is 10.4 Å². The number of hydrogen-bond acceptors (Lipinski definition) is 5. The molecule has 1 unspecified atom stereocenters. The fraction of sp³-hybridized carbons (Fsp3) is 0.400. The third-order valence-electron chi connectivity index (χ3n) is 4.90. The molecule has 168 valence electrons. The largest absolute Gasteiger partial charge is 0.497 e. The molecule has 5 nitrogen and oxygen atoms in total. The molecule has 1 heterocycles. The summed E-state index contributed by atoms with van der Waals surface area (Å²) in [4.78, 5) is 13.9. The van der Waals surface area contributed by atoms with Gasteiger partial charge in [0.05, 0.1) is 18.8 Å². The van der Waals surface area contributed by atoms with Gasteiger partial charge in [0.1, 0.15) is 10.8 Å². The number of methoxy groups -OCH3 is 1. The van der Waals surface area contributed by atoms with Crippen molar-refractivity contribution in [1.82, 2.24) is 5.32 Å². The molecule has 2 aromatic rings. The maximum Gasteiger partial charge on any atom is 0.254 e. The minimum atomic E-state index is -0.0116. The van der Waals surface area contributed by atoms with E-state index < -0.39 is 0 Å². The first-order valence-electron chi connectivity index (χ1n) is 10.7. The second-order valence-corrected chi connectivity index (χ2v) is 8.27. The Hall–Kier alpha value is -2.57. The van der Waals surface area contributed by atoms with E-state index in [-0.39, 0.29) is 12.0 Å². The lowest BCUT2D eigenvalue weighted by Crippen LogP contribution is -2.24. The van der Waals surface area contributed by atoms with Gasteiger partial charge in [-0.1, -0.05) is 24.3 Å². The van der Waals surface area contributed by atoms with Crippen molar-refractivity contribution in [3.8, 4) is 5.75 Å². The first-order valence-corrected chi connectivity index (χ1v) is 11.5. The fourth-order valence-corrected chi connectivity index (χ4v) is 4.60. The van der Waals surface area contributed by atoms with Crippen LogP contribution in [-0.4, -0.2) is 32.3 Å². The molecule has 1 amide bonds. The molecule has 2 N–H and O–H groups in total. The van der Waals surface area contributed by atoms with E-state index in [0.717, 1.165) is 47.7 Å². The van der Waals surface area contributed by atoms with Crippen molar-refractivity contribution in [2.24, 2.45) is 0 Å². The summed E-state index contributed by atoms with van der Waals surface area (Å²) in [5.41, 5.74) is 3.16. The summed E-state index contributed by atoms with van der Waals surface area (Å²) in [5.74, 6) is 0.828. The number of fused-ring (bicyclic) bond motifs is 1. The van der Waals surface area contributed by atoms with Gasteiger partial charge in [-0.3, -0.25) is 4.79 Å². The molecule has 1 aliphatic carbocycles. The summed E-state index contributed by atoms with van der Waals surface area (Å²) in [7, 11) is 1.67. The van der Waals surface area contributed by atoms with E-state index in [1.807, 2.05) is 38.1 Å². The zero-order chi connectivity index (χ0) is 22.6. The van der Waals surface area contributed by atoms with Crippen LogP contribution in [0.2, 0.25) is 0 Å². The summed E-state index contributed by atoms with van der Waals surface area (Å²) in [6.45, 7) is 13.1. The molecule has 1 atom stereocenters. The zero-order valence-electron chi connectivity index (χ0n) is 18.8. The van der Waals surface area contributed by atoms with Crippen LogP contribution in [0.5, 0.6) is 5.75 Å². The molecule has 0 bridgehead atoms. The molecule has 1 aliphatic rings. The molecule has 0 saturated carbocycles. The van der Waals surface area contributed by atoms with E-state index in [2.05, 4.69) is 23.8 Å². The molecule has 1 aromatic carbocycles. The quantitative estimate of drug-likeness (QED) is 0.486. The molecule has 3 rings (SSSR count). The molecule has 1 aromatic heterocycles. The molecule has 0 aliphatic heterocycles. The van der Waals surface area contributed by atoms with Crippen LogP contribution in [0.3, 0.4) is 0 Å². The summed E-state index contributed by atoms with van der Waals surface area (Å²) >= 11 is 1.71. The maximum atomic E-state index is 12.5. The molecule has 0 fully saturated rings. The summed E-state index contributed by atoms with van der Waals surface area (Å²) in [6.07, 6.45) is 6.90. The van der Waals surface area contributed by atoms with Gasteiger partial charge in [0.15, 0.2) is 0 Å². The smallest absolute Gasteiger partial charge is 0.254 e. The Balaban J connectivity index is 0.000000423. The van der Waals surface area contributed by atoms with E-state index in [0.29, 0.717) is 13.1 Å². The van der Waals surface area contributed by atoms with E-state index in [9.17, 15) is 4.79 Å². The normalized spacial score (nSPS) is 12.7. The van der Waals surface area contributed by atoms with Gasteiger partial charge in [0.25, 0.3) is 5.91 Å². The number of carbonyl (C=O) groups is 1. The van der Waals surface area contributed by atoms with Gasteiger partial charge in [-0.15, -0.1) is 24.5 Å². The van der Waals surface area contributed by atoms with Gasteiger partial charge in [0, 0.05) is 24.6 Å². The van der Waals surface area contributed by atoms with Crippen molar-refractivity contribution in [3.63, 3.8) is 0 Å².